The highest BCUT2D eigenvalue weighted by Gasteiger charge is 2.17. The molecule has 0 radical (unpaired) electrons. The summed E-state index contributed by atoms with van der Waals surface area (Å²) in [5.41, 5.74) is 8.82. The first-order chi connectivity index (χ1) is 17.7. The van der Waals surface area contributed by atoms with Gasteiger partial charge in [-0.1, -0.05) is 60.8 Å². The molecule has 1 aliphatic carbocycles. The maximum absolute atomic E-state index is 2.36. The molecule has 4 rings (SSSR count). The van der Waals surface area contributed by atoms with Crippen LogP contribution < -0.4 is 0 Å². The Morgan fingerprint density at radius 3 is 0.579 bits per heavy atom. The van der Waals surface area contributed by atoms with Crippen LogP contribution in [0, 0.1) is 94.9 Å². The van der Waals surface area contributed by atoms with Crippen LogP contribution in [0.4, 0.5) is 0 Å². The Balaban J connectivity index is 0. The summed E-state index contributed by atoms with van der Waals surface area (Å²) in [4.78, 5) is 8.78. The Morgan fingerprint density at radius 1 is 0.368 bits per heavy atom. The maximum atomic E-state index is 2.36. The minimum atomic E-state index is 1.01. The van der Waals surface area contributed by atoms with Crippen molar-refractivity contribution in [2.75, 3.05) is 0 Å². The van der Waals surface area contributed by atoms with E-state index in [4.69, 9.17) is 0 Å². The predicted molar refractivity (Wildman–Crippen MR) is 185 cm³/mol. The van der Waals surface area contributed by atoms with Crippen molar-refractivity contribution in [3.05, 3.63) is 62.6 Å². The average molecular weight is 579 g/mol. The molecule has 1 fully saturated rings. The monoisotopic (exact) mass is 578 g/mol. The molecule has 0 N–H and O–H groups in total. The van der Waals surface area contributed by atoms with Crippen molar-refractivity contribution >= 4 is 34.0 Å². The van der Waals surface area contributed by atoms with Crippen LogP contribution in [0.15, 0.2) is 0 Å². The van der Waals surface area contributed by atoms with Crippen molar-refractivity contribution in [2.45, 2.75) is 144 Å². The van der Waals surface area contributed by atoms with E-state index in [1.165, 1.54) is 81.9 Å². The topological polar surface area (TPSA) is 0 Å². The zero-order valence-corrected chi connectivity index (χ0v) is 31.0. The first-order valence-corrected chi connectivity index (χ1v) is 17.2. The summed E-state index contributed by atoms with van der Waals surface area (Å²) < 4.78 is 0. The van der Waals surface area contributed by atoms with E-state index in [0.717, 1.165) is 11.8 Å². The highest BCUT2D eigenvalue weighted by Crippen LogP contribution is 2.30. The third-order valence-electron chi connectivity index (χ3n) is 8.06. The second kappa shape index (κ2) is 20.0. The van der Waals surface area contributed by atoms with E-state index in [9.17, 15) is 0 Å². The maximum Gasteiger partial charge on any atom is 0.00489 e. The van der Waals surface area contributed by atoms with Crippen LogP contribution in [-0.4, -0.2) is 0 Å². The van der Waals surface area contributed by atoms with Gasteiger partial charge in [-0.15, -0.1) is 34.0 Å². The lowest BCUT2D eigenvalue weighted by Gasteiger charge is -2.05. The molecule has 3 heteroatoms. The highest BCUT2D eigenvalue weighted by atomic mass is 32.1. The third kappa shape index (κ3) is 12.5. The molecule has 220 valence electrons. The lowest BCUT2D eigenvalue weighted by molar-refractivity contribution is 0.457. The van der Waals surface area contributed by atoms with Gasteiger partial charge in [-0.3, -0.25) is 0 Å². The van der Waals surface area contributed by atoms with Crippen molar-refractivity contribution in [2.24, 2.45) is 11.8 Å². The van der Waals surface area contributed by atoms with Gasteiger partial charge in [0.05, 0.1) is 0 Å². The fraction of sp³-hybridized carbons (Fsp3) is 0.657. The van der Waals surface area contributed by atoms with Gasteiger partial charge in [-0.25, -0.2) is 0 Å². The predicted octanol–water partition coefficient (Wildman–Crippen LogP) is 13.4. The van der Waals surface area contributed by atoms with Crippen LogP contribution in [-0.2, 0) is 0 Å². The van der Waals surface area contributed by atoms with Crippen molar-refractivity contribution in [3.63, 3.8) is 0 Å². The molecule has 0 bridgehead atoms. The van der Waals surface area contributed by atoms with E-state index >= 15 is 0 Å². The van der Waals surface area contributed by atoms with Gasteiger partial charge in [-0.05, 0) is 128 Å². The normalized spacial score (nSPS) is 15.3. The molecule has 0 aromatic carbocycles. The fourth-order valence-corrected chi connectivity index (χ4v) is 7.28. The lowest BCUT2D eigenvalue weighted by Crippen LogP contribution is -1.95. The van der Waals surface area contributed by atoms with Gasteiger partial charge in [0.1, 0.15) is 0 Å². The summed E-state index contributed by atoms with van der Waals surface area (Å²) >= 11 is 5.69. The van der Waals surface area contributed by atoms with E-state index in [2.05, 4.69) is 96.9 Å². The highest BCUT2D eigenvalue weighted by molar-refractivity contribution is 7.12. The van der Waals surface area contributed by atoms with E-state index in [1.807, 2.05) is 61.7 Å². The molecule has 38 heavy (non-hydrogen) atoms. The Labute approximate surface area is 251 Å². The molecule has 1 saturated carbocycles. The van der Waals surface area contributed by atoms with Gasteiger partial charge < -0.3 is 0 Å². The zero-order chi connectivity index (χ0) is 30.3. The van der Waals surface area contributed by atoms with Crippen molar-refractivity contribution in [1.82, 2.24) is 0 Å². The largest absolute Gasteiger partial charge is 0.145 e. The molecule has 0 saturated heterocycles. The van der Waals surface area contributed by atoms with Crippen LogP contribution in [0.3, 0.4) is 0 Å². The zero-order valence-electron chi connectivity index (χ0n) is 28.5. The molecule has 2 unspecified atom stereocenters. The van der Waals surface area contributed by atoms with E-state index in [-0.39, 0.29) is 0 Å². The number of hydrogen-bond acceptors (Lipinski definition) is 3. The molecule has 3 heterocycles. The van der Waals surface area contributed by atoms with Gasteiger partial charge in [0.15, 0.2) is 0 Å². The molecule has 0 nitrogen and oxygen atoms in total. The molecule has 0 spiro atoms. The number of hydrogen-bond donors (Lipinski definition) is 0. The first-order valence-electron chi connectivity index (χ1n) is 14.8. The summed E-state index contributed by atoms with van der Waals surface area (Å²) in [7, 11) is 0. The van der Waals surface area contributed by atoms with E-state index in [0.29, 0.717) is 0 Å². The molecule has 0 amide bonds. The fourth-order valence-electron chi connectivity index (χ4n) is 4.06. The van der Waals surface area contributed by atoms with Gasteiger partial charge in [0, 0.05) is 29.3 Å². The Bertz CT molecular complexity index is 847. The SMILES string of the molecule is CC.CC.CC1CCCC1C.Cc1sc(C)c(C)c1C.Cc1sc(C)c(C)c1C.Cc1sc(C)c(C)c1C. The summed E-state index contributed by atoms with van der Waals surface area (Å²) in [6.07, 6.45) is 4.42. The van der Waals surface area contributed by atoms with Crippen molar-refractivity contribution in [1.29, 1.82) is 0 Å². The Kier molecular flexibility index (Phi) is 20.7. The molecule has 2 atom stereocenters. The molecule has 0 aliphatic heterocycles. The number of rotatable bonds is 0. The number of aryl methyl sites for hydroxylation is 6. The molecule has 1 aliphatic rings. The lowest BCUT2D eigenvalue weighted by atomic mass is 10.0. The van der Waals surface area contributed by atoms with Gasteiger partial charge in [0.25, 0.3) is 0 Å². The molecule has 3 aromatic heterocycles. The van der Waals surface area contributed by atoms with Gasteiger partial charge in [-0.2, -0.15) is 0 Å². The third-order valence-corrected chi connectivity index (χ3v) is 11.7. The summed E-state index contributed by atoms with van der Waals surface area (Å²) in [5, 5.41) is 0. The summed E-state index contributed by atoms with van der Waals surface area (Å²) in [5.74, 6) is 2.03. The quantitative estimate of drug-likeness (QED) is 0.249. The molecular formula is C35H62S3. The second-order valence-corrected chi connectivity index (χ2v) is 14.6. The minimum absolute atomic E-state index is 1.01. The molecular weight excluding hydrogens is 517 g/mol. The first kappa shape index (κ1) is 39.2. The Morgan fingerprint density at radius 2 is 0.526 bits per heavy atom. The molecule has 3 aromatic rings. The average Bonchev–Trinajstić information content (AvgIpc) is 3.53. The minimum Gasteiger partial charge on any atom is -0.145 e. The smallest absolute Gasteiger partial charge is 0.00489 e. The van der Waals surface area contributed by atoms with Gasteiger partial charge >= 0.3 is 0 Å². The van der Waals surface area contributed by atoms with E-state index < -0.39 is 0 Å². The standard InChI is InChI=1S/3C8H12S.C7H14.2C2H6/c3*1-5-6(2)8(4)9-7(5)3;1-6-4-3-5-7(6)2;2*1-2/h3*1-4H3;6-7H,3-5H2,1-2H3;2*1-2H3. The van der Waals surface area contributed by atoms with Crippen LogP contribution >= 0.6 is 34.0 Å². The summed E-state index contributed by atoms with van der Waals surface area (Å²) in [6, 6.07) is 0. The van der Waals surface area contributed by atoms with Gasteiger partial charge in [0.2, 0.25) is 0 Å². The van der Waals surface area contributed by atoms with Crippen molar-refractivity contribution in [3.8, 4) is 0 Å². The van der Waals surface area contributed by atoms with E-state index in [1.54, 1.807) is 0 Å². The van der Waals surface area contributed by atoms with Crippen LogP contribution in [0.5, 0.6) is 0 Å². The van der Waals surface area contributed by atoms with Crippen LogP contribution in [0.2, 0.25) is 0 Å². The van der Waals surface area contributed by atoms with Crippen molar-refractivity contribution < 1.29 is 0 Å². The number of thiophene rings is 3. The second-order valence-electron chi connectivity index (χ2n) is 10.3. The van der Waals surface area contributed by atoms with Crippen LogP contribution in [0.25, 0.3) is 0 Å². The van der Waals surface area contributed by atoms with Crippen LogP contribution in [0.1, 0.15) is 123 Å². The Hall–Kier alpha value is -0.900. The summed E-state index contributed by atoms with van der Waals surface area (Å²) in [6.45, 7) is 38.9.